The lowest BCUT2D eigenvalue weighted by atomic mass is 9.70. The van der Waals surface area contributed by atoms with Crippen LogP contribution in [0.1, 0.15) is 29.7 Å². The Morgan fingerprint density at radius 1 is 1.29 bits per heavy atom. The van der Waals surface area contributed by atoms with Crippen molar-refractivity contribution in [3.63, 3.8) is 0 Å². The molecule has 2 aliphatic heterocycles. The van der Waals surface area contributed by atoms with Crippen LogP contribution in [-0.2, 0) is 5.60 Å². The van der Waals surface area contributed by atoms with Crippen LogP contribution in [0.5, 0.6) is 11.6 Å². The van der Waals surface area contributed by atoms with Crippen molar-refractivity contribution >= 4 is 0 Å². The van der Waals surface area contributed by atoms with Gasteiger partial charge in [0.25, 0.3) is 0 Å². The van der Waals surface area contributed by atoms with Gasteiger partial charge in [-0.15, -0.1) is 0 Å². The van der Waals surface area contributed by atoms with Gasteiger partial charge in [-0.05, 0) is 24.1 Å². The van der Waals surface area contributed by atoms with E-state index in [0.717, 1.165) is 5.56 Å². The zero-order chi connectivity index (χ0) is 29.5. The second-order valence-corrected chi connectivity index (χ2v) is 10.6. The molecular formula is C31H30F2N4O4. The molecule has 1 aliphatic carbocycles. The number of aliphatic hydroxyl groups excluding tert-OH is 1. The fraction of sp³-hybridized carbons (Fsp3) is 0.387. The SMILES string of the molecule is C=C(/C=C\C(C#N)=C/C)[C@@]12Oc3cc(C#N)nc(OC)c3[C@]1(O)[C@H](O)[C@H](CN1CC(C(F)F)C1)[C@H]2c1ccccc1. The molecular weight excluding hydrogens is 530 g/mol. The van der Waals surface area contributed by atoms with Gasteiger partial charge in [-0.2, -0.15) is 10.5 Å². The summed E-state index contributed by atoms with van der Waals surface area (Å²) in [4.78, 5) is 6.06. The summed E-state index contributed by atoms with van der Waals surface area (Å²) in [6.45, 7) is 6.51. The predicted molar refractivity (Wildman–Crippen MR) is 145 cm³/mol. The number of aliphatic hydroxyl groups is 2. The van der Waals surface area contributed by atoms with Crippen LogP contribution in [0.15, 0.2) is 72.4 Å². The summed E-state index contributed by atoms with van der Waals surface area (Å²) in [6.07, 6.45) is 0.816. The van der Waals surface area contributed by atoms with Gasteiger partial charge in [0.15, 0.2) is 11.2 Å². The highest BCUT2D eigenvalue weighted by molar-refractivity contribution is 5.62. The average Bonchev–Trinajstić information content (AvgIpc) is 3.32. The van der Waals surface area contributed by atoms with Crippen molar-refractivity contribution in [2.24, 2.45) is 11.8 Å². The Morgan fingerprint density at radius 3 is 2.59 bits per heavy atom. The Morgan fingerprint density at radius 2 is 2.00 bits per heavy atom. The van der Waals surface area contributed by atoms with Crippen molar-refractivity contribution < 1.29 is 28.5 Å². The molecule has 0 unspecified atom stereocenters. The minimum Gasteiger partial charge on any atom is -0.481 e. The lowest BCUT2D eigenvalue weighted by molar-refractivity contribution is -0.133. The molecule has 2 fully saturated rings. The van der Waals surface area contributed by atoms with E-state index >= 15 is 0 Å². The topological polar surface area (TPSA) is 123 Å². The van der Waals surface area contributed by atoms with Crippen LogP contribution in [0, 0.1) is 34.5 Å². The van der Waals surface area contributed by atoms with Crippen molar-refractivity contribution in [2.45, 2.75) is 36.6 Å². The molecule has 5 rings (SSSR count). The van der Waals surface area contributed by atoms with Gasteiger partial charge in [0.1, 0.15) is 17.5 Å². The Balaban J connectivity index is 1.73. The lowest BCUT2D eigenvalue weighted by Gasteiger charge is -2.43. The standard InChI is InChI=1S/C31H30F2N4O4/c1-4-19(13-34)11-10-18(2)31-25(20-8-6-5-7-9-20)23(17-37-15-21(16-37)28(32)33)27(38)30(31,39)26-24(41-31)12-22(14-35)36-29(26)40-3/h4-12,21,23,25,27-28,38-39H,2,15-17H2,1,3H3/b11-10-,19-4+/t23-,25-,27-,30+,31+/m1/s1. The van der Waals surface area contributed by atoms with Crippen molar-refractivity contribution in [2.75, 3.05) is 26.7 Å². The van der Waals surface area contributed by atoms with Gasteiger partial charge in [-0.25, -0.2) is 13.8 Å². The number of methoxy groups -OCH3 is 1. The molecule has 8 nitrogen and oxygen atoms in total. The highest BCUT2D eigenvalue weighted by atomic mass is 19.3. The third-order valence-corrected chi connectivity index (χ3v) is 8.53. The first-order valence-corrected chi connectivity index (χ1v) is 13.2. The number of nitriles is 2. The summed E-state index contributed by atoms with van der Waals surface area (Å²) in [7, 11) is 1.34. The number of hydrogen-bond donors (Lipinski definition) is 2. The smallest absolute Gasteiger partial charge is 0.243 e. The Bertz CT molecular complexity index is 1490. The van der Waals surface area contributed by atoms with Gasteiger partial charge >= 0.3 is 0 Å². The second-order valence-electron chi connectivity index (χ2n) is 10.6. The van der Waals surface area contributed by atoms with Crippen molar-refractivity contribution in [3.05, 3.63) is 89.2 Å². The maximum Gasteiger partial charge on any atom is 0.243 e. The van der Waals surface area contributed by atoms with Gasteiger partial charge in [0, 0.05) is 49.0 Å². The number of ether oxygens (including phenoxy) is 2. The third kappa shape index (κ3) is 4.22. The molecule has 0 amide bonds. The fourth-order valence-electron chi connectivity index (χ4n) is 6.62. The first-order chi connectivity index (χ1) is 19.7. The molecule has 5 atom stereocenters. The summed E-state index contributed by atoms with van der Waals surface area (Å²) in [5, 5.41) is 43.9. The summed E-state index contributed by atoms with van der Waals surface area (Å²) in [6, 6.07) is 14.6. The highest BCUT2D eigenvalue weighted by Gasteiger charge is 2.77. The summed E-state index contributed by atoms with van der Waals surface area (Å²) < 4.78 is 38.7. The molecule has 0 bridgehead atoms. The molecule has 1 saturated carbocycles. The average molecular weight is 561 g/mol. The van der Waals surface area contributed by atoms with Crippen molar-refractivity contribution in [1.29, 1.82) is 10.5 Å². The van der Waals surface area contributed by atoms with Gasteiger partial charge < -0.3 is 24.6 Å². The van der Waals surface area contributed by atoms with Crippen LogP contribution >= 0.6 is 0 Å². The van der Waals surface area contributed by atoms with Crippen LogP contribution in [0.4, 0.5) is 8.78 Å². The Hall–Kier alpha value is -4.09. The van der Waals surface area contributed by atoms with E-state index in [1.165, 1.54) is 13.2 Å². The zero-order valence-electron chi connectivity index (χ0n) is 22.7. The normalized spacial score (nSPS) is 29.4. The molecule has 3 aliphatic rings. The number of nitrogens with zero attached hydrogens (tertiary/aromatic N) is 4. The number of benzene rings is 1. The maximum absolute atomic E-state index is 13.3. The fourth-order valence-corrected chi connectivity index (χ4v) is 6.62. The van der Waals surface area contributed by atoms with E-state index in [4.69, 9.17) is 9.47 Å². The van der Waals surface area contributed by atoms with Crippen LogP contribution < -0.4 is 9.47 Å². The highest BCUT2D eigenvalue weighted by Crippen LogP contribution is 2.68. The summed E-state index contributed by atoms with van der Waals surface area (Å²) >= 11 is 0. The van der Waals surface area contributed by atoms with E-state index in [9.17, 15) is 29.5 Å². The van der Waals surface area contributed by atoms with Crippen molar-refractivity contribution in [3.8, 4) is 23.8 Å². The molecule has 1 saturated heterocycles. The van der Waals surface area contributed by atoms with Gasteiger partial charge in [-0.1, -0.05) is 49.1 Å². The van der Waals surface area contributed by atoms with E-state index in [0.29, 0.717) is 5.57 Å². The first-order valence-electron chi connectivity index (χ1n) is 13.2. The molecule has 0 spiro atoms. The molecule has 3 heterocycles. The molecule has 41 heavy (non-hydrogen) atoms. The lowest BCUT2D eigenvalue weighted by Crippen LogP contribution is -2.55. The number of pyridine rings is 1. The number of halogens is 2. The molecule has 10 heteroatoms. The first kappa shape index (κ1) is 28.4. The van der Waals surface area contributed by atoms with Crippen LogP contribution in [0.25, 0.3) is 0 Å². The number of allylic oxidation sites excluding steroid dienone is 3. The van der Waals surface area contributed by atoms with Crippen LogP contribution in [-0.4, -0.2) is 65.0 Å². The quantitative estimate of drug-likeness (QED) is 0.369. The molecule has 2 N–H and O–H groups in total. The predicted octanol–water partition coefficient (Wildman–Crippen LogP) is 3.83. The summed E-state index contributed by atoms with van der Waals surface area (Å²) in [5.74, 6) is -2.16. The number of likely N-dealkylation sites (tertiary alicyclic amines) is 1. The van der Waals surface area contributed by atoms with Crippen LogP contribution in [0.3, 0.4) is 0 Å². The summed E-state index contributed by atoms with van der Waals surface area (Å²) in [5.41, 5.74) is -2.51. The number of aromatic nitrogens is 1. The molecule has 1 aromatic heterocycles. The van der Waals surface area contributed by atoms with E-state index in [2.05, 4.69) is 17.6 Å². The monoisotopic (exact) mass is 560 g/mol. The van der Waals surface area contributed by atoms with E-state index in [1.54, 1.807) is 25.2 Å². The molecule has 2 aromatic rings. The van der Waals surface area contributed by atoms with Gasteiger partial charge in [0.05, 0.1) is 24.8 Å². The number of rotatable bonds is 8. The molecule has 0 radical (unpaired) electrons. The third-order valence-electron chi connectivity index (χ3n) is 8.53. The number of fused-ring (bicyclic) bond motifs is 3. The van der Waals surface area contributed by atoms with Crippen molar-refractivity contribution in [1.82, 2.24) is 9.88 Å². The Labute approximate surface area is 237 Å². The number of alkyl halides is 2. The van der Waals surface area contributed by atoms with E-state index in [1.807, 2.05) is 41.3 Å². The minimum absolute atomic E-state index is 0.0120. The minimum atomic E-state index is -2.44. The zero-order valence-corrected chi connectivity index (χ0v) is 22.7. The van der Waals surface area contributed by atoms with E-state index < -0.39 is 41.5 Å². The van der Waals surface area contributed by atoms with Gasteiger partial charge in [0.2, 0.25) is 12.3 Å². The number of hydrogen-bond acceptors (Lipinski definition) is 8. The largest absolute Gasteiger partial charge is 0.481 e. The van der Waals surface area contributed by atoms with Gasteiger partial charge in [-0.3, -0.25) is 0 Å². The van der Waals surface area contributed by atoms with Crippen LogP contribution in [0.2, 0.25) is 0 Å². The Kier molecular flexibility index (Phi) is 7.43. The second kappa shape index (κ2) is 10.7. The van der Waals surface area contributed by atoms with E-state index in [-0.39, 0.29) is 48.1 Å². The maximum atomic E-state index is 13.3. The molecule has 1 aromatic carbocycles. The molecule has 212 valence electrons.